The molecule has 1 rings (SSSR count). The lowest BCUT2D eigenvalue weighted by Gasteiger charge is -2.40. The first-order chi connectivity index (χ1) is 6.65. The molecule has 1 heterocycles. The largest absolute Gasteiger partial charge is 0.394 e. The van der Waals surface area contributed by atoms with Crippen LogP contribution in [0.25, 0.3) is 0 Å². The van der Waals surface area contributed by atoms with Crippen molar-refractivity contribution in [3.05, 3.63) is 0 Å². The van der Waals surface area contributed by atoms with Crippen LogP contribution in [-0.2, 0) is 9.47 Å². The highest BCUT2D eigenvalue weighted by atomic mass is 16.6. The summed E-state index contributed by atoms with van der Waals surface area (Å²) in [6, 6.07) is -0.0391. The molecule has 0 radical (unpaired) electrons. The number of nitrogens with two attached hydrogens (primary N) is 1. The highest BCUT2D eigenvalue weighted by Crippen LogP contribution is 2.20. The summed E-state index contributed by atoms with van der Waals surface area (Å²) in [7, 11) is 3.41. The summed E-state index contributed by atoms with van der Waals surface area (Å²) in [4.78, 5) is 0. The normalized spacial score (nSPS) is 43.9. The summed E-state index contributed by atoms with van der Waals surface area (Å²) < 4.78 is 10.7. The monoisotopic (exact) mass is 206 g/mol. The number of methoxy groups -OCH3 is 1. The van der Waals surface area contributed by atoms with Gasteiger partial charge in [-0.3, -0.25) is 0 Å². The van der Waals surface area contributed by atoms with Gasteiger partial charge in [0.25, 0.3) is 0 Å². The average molecular weight is 206 g/mol. The van der Waals surface area contributed by atoms with E-state index in [2.05, 4.69) is 0 Å². The molecule has 0 bridgehead atoms. The fourth-order valence-electron chi connectivity index (χ4n) is 2.07. The Morgan fingerprint density at radius 1 is 1.50 bits per heavy atom. The van der Waals surface area contributed by atoms with Gasteiger partial charge < -0.3 is 25.0 Å². The molecule has 1 fully saturated rings. The molecule has 0 aliphatic carbocycles. The van der Waals surface area contributed by atoms with Crippen molar-refractivity contribution < 1.29 is 25.0 Å². The Balaban J connectivity index is 2.72. The molecule has 5 atom stereocenters. The molecule has 0 aromatic rings. The van der Waals surface area contributed by atoms with Crippen molar-refractivity contribution in [2.24, 2.45) is 0 Å². The summed E-state index contributed by atoms with van der Waals surface area (Å²) >= 11 is 0. The first-order valence-corrected chi connectivity index (χ1v) is 4.92. The zero-order chi connectivity index (χ0) is 10.7. The van der Waals surface area contributed by atoms with E-state index in [1.807, 2.05) is 19.3 Å². The van der Waals surface area contributed by atoms with Crippen LogP contribution in [0.5, 0.6) is 0 Å². The maximum absolute atomic E-state index is 9.95. The minimum atomic E-state index is -0.606. The second-order valence-corrected chi connectivity index (χ2v) is 3.66. The van der Waals surface area contributed by atoms with Gasteiger partial charge in [-0.25, -0.2) is 0 Å². The fourth-order valence-corrected chi connectivity index (χ4v) is 2.07. The smallest absolute Gasteiger partial charge is 0.141 e. The molecule has 5 heteroatoms. The van der Waals surface area contributed by atoms with Gasteiger partial charge in [-0.1, -0.05) is 0 Å². The molecule has 4 N–H and O–H groups in total. The number of rotatable bonds is 3. The summed E-state index contributed by atoms with van der Waals surface area (Å²) in [5.74, 6) is 0. The van der Waals surface area contributed by atoms with E-state index in [0.29, 0.717) is 0 Å². The molecule has 14 heavy (non-hydrogen) atoms. The van der Waals surface area contributed by atoms with E-state index in [1.165, 1.54) is 7.11 Å². The Bertz CT molecular complexity index is 178. The van der Waals surface area contributed by atoms with Crippen molar-refractivity contribution >= 4 is 0 Å². The Morgan fingerprint density at radius 3 is 2.57 bits per heavy atom. The Hall–Kier alpha value is -0.200. The molecule has 1 aliphatic rings. The van der Waals surface area contributed by atoms with E-state index in [0.717, 1.165) is 0 Å². The summed E-state index contributed by atoms with van der Waals surface area (Å²) in [6.45, 7) is 1.76. The van der Waals surface area contributed by atoms with Crippen LogP contribution in [0.3, 0.4) is 0 Å². The third kappa shape index (κ3) is 2.07. The van der Waals surface area contributed by atoms with Crippen LogP contribution in [0, 0.1) is 0 Å². The molecule has 5 nitrogen and oxygen atoms in total. The minimum Gasteiger partial charge on any atom is -0.394 e. The first-order valence-electron chi connectivity index (χ1n) is 4.92. The number of likely N-dealkylation sites (N-methyl/N-ethyl adjacent to an activating group) is 1. The Kier molecular flexibility index (Phi) is 4.28. The molecule has 1 aliphatic heterocycles. The number of hydrogen-bond donors (Lipinski definition) is 3. The van der Waals surface area contributed by atoms with Crippen LogP contribution in [0.2, 0.25) is 0 Å². The maximum Gasteiger partial charge on any atom is 0.141 e. The molecule has 1 saturated heterocycles. The van der Waals surface area contributed by atoms with E-state index in [9.17, 15) is 5.11 Å². The second kappa shape index (κ2) is 5.04. The lowest BCUT2D eigenvalue weighted by atomic mass is 9.93. The van der Waals surface area contributed by atoms with Gasteiger partial charge in [-0.05, 0) is 6.92 Å². The van der Waals surface area contributed by atoms with Crippen molar-refractivity contribution in [2.75, 3.05) is 20.8 Å². The zero-order valence-electron chi connectivity index (χ0n) is 8.88. The van der Waals surface area contributed by atoms with Gasteiger partial charge >= 0.3 is 0 Å². The van der Waals surface area contributed by atoms with Crippen molar-refractivity contribution in [2.45, 2.75) is 37.4 Å². The van der Waals surface area contributed by atoms with Crippen LogP contribution >= 0.6 is 0 Å². The van der Waals surface area contributed by atoms with E-state index in [-0.39, 0.29) is 18.8 Å². The van der Waals surface area contributed by atoms with Gasteiger partial charge in [-0.15, -0.1) is 0 Å². The zero-order valence-corrected chi connectivity index (χ0v) is 8.88. The van der Waals surface area contributed by atoms with E-state index in [4.69, 9.17) is 14.6 Å². The lowest BCUT2D eigenvalue weighted by molar-refractivity contribution is -0.685. The first kappa shape index (κ1) is 11.9. The predicted molar refractivity (Wildman–Crippen MR) is 49.9 cm³/mol. The molecule has 84 valence electrons. The molecule has 5 unspecified atom stereocenters. The van der Waals surface area contributed by atoms with Gasteiger partial charge in [0.05, 0.1) is 13.7 Å². The molecule has 0 spiro atoms. The molecular weight excluding hydrogens is 186 g/mol. The Morgan fingerprint density at radius 2 is 2.14 bits per heavy atom. The quantitative estimate of drug-likeness (QED) is 0.485. The number of hydrogen-bond acceptors (Lipinski definition) is 4. The number of ether oxygens (including phenoxy) is 2. The van der Waals surface area contributed by atoms with Crippen LogP contribution in [-0.4, -0.2) is 61.4 Å². The van der Waals surface area contributed by atoms with Crippen LogP contribution in [0.1, 0.15) is 6.92 Å². The summed E-state index contributed by atoms with van der Waals surface area (Å²) in [5.41, 5.74) is 0. The van der Waals surface area contributed by atoms with Gasteiger partial charge in [0.15, 0.2) is 0 Å². The predicted octanol–water partition coefficient (Wildman–Crippen LogP) is -2.30. The van der Waals surface area contributed by atoms with Gasteiger partial charge in [0.2, 0.25) is 0 Å². The Labute approximate surface area is 84.0 Å². The molecule has 0 aromatic carbocycles. The third-order valence-electron chi connectivity index (χ3n) is 2.87. The third-order valence-corrected chi connectivity index (χ3v) is 2.87. The summed E-state index contributed by atoms with van der Waals surface area (Å²) in [6.07, 6.45) is -1.57. The second-order valence-electron chi connectivity index (χ2n) is 3.66. The van der Waals surface area contributed by atoms with Crippen molar-refractivity contribution in [1.82, 2.24) is 0 Å². The number of aliphatic hydroxyl groups is 2. The standard InChI is InChI=1S/C9H19NO4/c1-5-7(10-2)8(12)9(13-3)6(4-11)14-5/h5-12H,4H2,1-3H3/p+1. The number of aliphatic hydroxyl groups excluding tert-OH is 2. The van der Waals surface area contributed by atoms with Crippen molar-refractivity contribution in [1.29, 1.82) is 0 Å². The topological polar surface area (TPSA) is 75.5 Å². The molecule has 0 aromatic heterocycles. The van der Waals surface area contributed by atoms with Crippen molar-refractivity contribution in [3.8, 4) is 0 Å². The minimum absolute atomic E-state index is 0.0391. The number of quaternary nitrogens is 1. The highest BCUT2D eigenvalue weighted by Gasteiger charge is 2.45. The van der Waals surface area contributed by atoms with Gasteiger partial charge in [0.1, 0.15) is 30.5 Å². The average Bonchev–Trinajstić information content (AvgIpc) is 2.17. The van der Waals surface area contributed by atoms with Gasteiger partial charge in [0, 0.05) is 7.11 Å². The maximum atomic E-state index is 9.95. The fraction of sp³-hybridized carbons (Fsp3) is 1.00. The van der Waals surface area contributed by atoms with Crippen LogP contribution in [0.4, 0.5) is 0 Å². The summed E-state index contributed by atoms with van der Waals surface area (Å²) in [5, 5.41) is 20.9. The van der Waals surface area contributed by atoms with Crippen LogP contribution in [0.15, 0.2) is 0 Å². The SMILES string of the molecule is C[NH2+]C1C(C)OC(CO)C(OC)C1O. The van der Waals surface area contributed by atoms with Gasteiger partial charge in [-0.2, -0.15) is 0 Å². The van der Waals surface area contributed by atoms with Crippen molar-refractivity contribution in [3.63, 3.8) is 0 Å². The lowest BCUT2D eigenvalue weighted by Crippen LogP contribution is -2.94. The van der Waals surface area contributed by atoms with E-state index >= 15 is 0 Å². The van der Waals surface area contributed by atoms with E-state index in [1.54, 1.807) is 0 Å². The van der Waals surface area contributed by atoms with E-state index < -0.39 is 18.3 Å². The molecular formula is C9H20NO4+. The van der Waals surface area contributed by atoms with Crippen LogP contribution < -0.4 is 5.32 Å². The highest BCUT2D eigenvalue weighted by molar-refractivity contribution is 4.90. The molecule has 0 saturated carbocycles. The molecule has 0 amide bonds.